The number of rotatable bonds is 35. The van der Waals surface area contributed by atoms with E-state index in [0.717, 1.165) is 128 Å². The number of piperidine rings is 1. The van der Waals surface area contributed by atoms with Gasteiger partial charge < -0.3 is 39.5 Å². The van der Waals surface area contributed by atoms with Crippen molar-refractivity contribution in [2.24, 2.45) is 23.5 Å². The summed E-state index contributed by atoms with van der Waals surface area (Å²) in [5.41, 5.74) is 8.00. The Balaban J connectivity index is 0.000000330. The molecule has 0 atom stereocenters. The van der Waals surface area contributed by atoms with E-state index in [0.29, 0.717) is 99.0 Å². The molecule has 20 nitrogen and oxygen atoms in total. The SMILES string of the molecule is CCC(=O)c1csc(C)c1.COCC(=O)c1ccc(C)s1.COCCCC(=O)c1ccc(C)s1.COCN(C)C(=O)c1csc(C)c1.Cc1cc(C(=O)N(C)C)cs1.Cc1cc(C(N)=O)cs1.Cc1ccc(C(=O)CC(C)C)s1.Cc1ccc(C(=O)CC2CCC2)s1.Cc1ccc(C(=O)CC2CCCC2)s1.Cc1ccc(C(=O)CCCC(=O)N2CCCC2)s1.Cc1ccc(C(=O)CCCCN2CCCCC2)s1.Cl. The molecule has 32 heteroatoms. The van der Waals surface area contributed by atoms with E-state index in [4.69, 9.17) is 19.9 Å². The molecule has 11 aromatic heterocycles. The molecule has 0 unspecified atom stereocenters. The van der Waals surface area contributed by atoms with Crippen LogP contribution in [0.5, 0.6) is 0 Å². The third-order valence-corrected chi connectivity index (χ3v) is 33.4. The van der Waals surface area contributed by atoms with Crippen LogP contribution in [0.4, 0.5) is 0 Å². The molecule has 11 aromatic rings. The number of halogens is 1. The molecule has 0 aromatic carbocycles. The fourth-order valence-electron chi connectivity index (χ4n) is 14.7. The van der Waals surface area contributed by atoms with Gasteiger partial charge in [0.25, 0.3) is 11.8 Å². The van der Waals surface area contributed by atoms with Crippen LogP contribution in [-0.4, -0.2) is 185 Å². The van der Waals surface area contributed by atoms with Crippen LogP contribution in [0.1, 0.15) is 338 Å². The lowest BCUT2D eigenvalue weighted by Crippen LogP contribution is -2.30. The largest absolute Gasteiger partial charge is 0.385 e. The number of hydrogen-bond donors (Lipinski definition) is 1. The Morgan fingerprint density at radius 1 is 0.371 bits per heavy atom. The molecule has 784 valence electrons. The minimum absolute atomic E-state index is 0. The Bertz CT molecular complexity index is 5620. The Morgan fingerprint density at radius 3 is 1.04 bits per heavy atom. The molecule has 13 heterocycles. The van der Waals surface area contributed by atoms with E-state index in [-0.39, 0.29) is 71.6 Å². The van der Waals surface area contributed by atoms with E-state index >= 15 is 0 Å². The van der Waals surface area contributed by atoms with Crippen LogP contribution >= 0.6 is 137 Å². The van der Waals surface area contributed by atoms with Crippen molar-refractivity contribution in [2.45, 2.75) is 251 Å². The lowest BCUT2D eigenvalue weighted by Gasteiger charge is -2.26. The van der Waals surface area contributed by atoms with Crippen molar-refractivity contribution in [2.75, 3.05) is 95.1 Å². The number of hydrogen-bond acceptors (Lipinski definition) is 27. The Hall–Kier alpha value is -7.93. The summed E-state index contributed by atoms with van der Waals surface area (Å²) in [7, 11) is 9.99. The van der Waals surface area contributed by atoms with Gasteiger partial charge in [0.1, 0.15) is 13.3 Å². The second kappa shape index (κ2) is 70.8. The zero-order valence-electron chi connectivity index (χ0n) is 87.5. The first-order chi connectivity index (χ1) is 67.7. The minimum atomic E-state index is -0.348. The summed E-state index contributed by atoms with van der Waals surface area (Å²) >= 11 is 17.4. The number of nitrogens with two attached hydrogens (primary N) is 1. The molecule has 15 rings (SSSR count). The van der Waals surface area contributed by atoms with Gasteiger partial charge >= 0.3 is 0 Å². The molecule has 2 N–H and O–H groups in total. The number of nitrogens with zero attached hydrogens (tertiary/aromatic N) is 4. The second-order valence-corrected chi connectivity index (χ2v) is 49.6. The first kappa shape index (κ1) is 127. The molecule has 143 heavy (non-hydrogen) atoms. The van der Waals surface area contributed by atoms with Gasteiger partial charge in [0, 0.05) is 194 Å². The molecule has 2 saturated carbocycles. The molecule has 2 aliphatic heterocycles. The molecule has 0 spiro atoms. The van der Waals surface area contributed by atoms with Gasteiger partial charge in [-0.15, -0.1) is 137 Å². The fraction of sp³-hybridized carbons (Fsp3) is 0.495. The zero-order valence-corrected chi connectivity index (χ0v) is 97.2. The number of ketones is 8. The van der Waals surface area contributed by atoms with Gasteiger partial charge in [-0.1, -0.05) is 72.1 Å². The summed E-state index contributed by atoms with van der Waals surface area (Å²) in [6.07, 6.45) is 24.2. The normalized spacial score (nSPS) is 12.8. The van der Waals surface area contributed by atoms with E-state index < -0.39 is 0 Å². The van der Waals surface area contributed by atoms with Crippen LogP contribution in [0.3, 0.4) is 0 Å². The maximum absolute atomic E-state index is 11.9. The van der Waals surface area contributed by atoms with Crippen LogP contribution in [-0.2, 0) is 19.0 Å². The molecule has 4 amide bonds. The van der Waals surface area contributed by atoms with Gasteiger partial charge in [-0.3, -0.25) is 57.5 Å². The summed E-state index contributed by atoms with van der Waals surface area (Å²) in [6.45, 7) is 34.8. The van der Waals surface area contributed by atoms with E-state index in [9.17, 15) is 57.5 Å². The number of ether oxygens (including phenoxy) is 3. The van der Waals surface area contributed by atoms with Crippen LogP contribution in [0.15, 0.2) is 131 Å². The van der Waals surface area contributed by atoms with Crippen molar-refractivity contribution in [1.29, 1.82) is 0 Å². The average Bonchev–Trinajstić information content (AvgIpc) is 1.80. The first-order valence-corrected chi connectivity index (χ1v) is 58.1. The highest BCUT2D eigenvalue weighted by Gasteiger charge is 2.25. The number of likely N-dealkylation sites (tertiary alicyclic amines) is 2. The summed E-state index contributed by atoms with van der Waals surface area (Å²) < 4.78 is 14.5. The predicted octanol–water partition coefficient (Wildman–Crippen LogP) is 29.7. The number of Topliss-reactive ketones (excluding diaryl/α,β-unsaturated/α-hetero) is 8. The fourth-order valence-corrected chi connectivity index (χ4v) is 23.2. The molecule has 4 fully saturated rings. The van der Waals surface area contributed by atoms with E-state index in [1.54, 1.807) is 147 Å². The summed E-state index contributed by atoms with van der Waals surface area (Å²) in [5, 5.41) is 7.43. The molecule has 2 aliphatic carbocycles. The standard InChI is InChI=1S/C15H23NOS.C14H19NO2S.C12H16OS.C11H14OS.C10H14O2S.C10H14OS.C9H13NO2S.C8H11NOS.C8H10O2S.C8H10OS.C6H7NOS.ClH/c1-13-8-9-15(18-13)14(17)7-3-6-12-16-10-4-2-5-11-16;1-11-7-8-13(18-11)12(16)5-4-6-14(17)15-9-2-3-10-15;1-9-6-7-12(14-9)11(13)8-10-4-2-3-5-10;1-8-5-6-11(13-8)10(12)7-9-3-2-4-9;1-8-5-6-10(13-8)9(11)4-3-7-12-2;1-7(2)6-9(11)10-5-4-8(3)12-10;1-7-4-8(5-13-7)9(11)10(2)6-12-3;1-6-4-7(5-11-6)8(10)9(2)3;1-6-3-4-8(11-6)7(9)5-10-2;1-3-8(9)7-4-6(2)10-5-7;1-4-2-5(3-9-4)6(7)8;/h8-9H,2-7,10-12H2,1H3;7-8H,2-6,9-10H2,1H3;6-7,10H,2-5,8H2,1H3;5-6,9H,2-4,7H2,1H3;5-6H,3-4,7H2,1-2H3;4-5,7H,6H2,1-3H3;4-5H,6H2,1-3H3;4-5H,1-3H3;3-4H,5H2,1-2H3;4-5H,3H2,1-2H3;2-3H,1H3,(H2,7,8);1H. The molecule has 4 aliphatic rings. The van der Waals surface area contributed by atoms with Gasteiger partial charge in [-0.2, -0.15) is 0 Å². The van der Waals surface area contributed by atoms with Gasteiger partial charge in [-0.05, 0) is 274 Å². The number of carbonyl (C=O) groups excluding carboxylic acids is 12. The third kappa shape index (κ3) is 51.5. The highest BCUT2D eigenvalue weighted by Crippen LogP contribution is 2.34. The van der Waals surface area contributed by atoms with Gasteiger partial charge in [-0.25, -0.2) is 0 Å². The maximum Gasteiger partial charge on any atom is 0.256 e. The highest BCUT2D eigenvalue weighted by molar-refractivity contribution is 7.16. The first-order valence-electron chi connectivity index (χ1n) is 48.8. The van der Waals surface area contributed by atoms with Crippen molar-refractivity contribution in [3.63, 3.8) is 0 Å². The van der Waals surface area contributed by atoms with Crippen molar-refractivity contribution in [3.05, 3.63) is 241 Å². The van der Waals surface area contributed by atoms with E-state index in [2.05, 4.69) is 32.6 Å². The van der Waals surface area contributed by atoms with Crippen LogP contribution in [0.25, 0.3) is 0 Å². The summed E-state index contributed by atoms with van der Waals surface area (Å²) in [4.78, 5) is 164. The van der Waals surface area contributed by atoms with Crippen LogP contribution in [0.2, 0.25) is 0 Å². The average molecular weight is 2180 g/mol. The number of carbonyl (C=O) groups is 12. The van der Waals surface area contributed by atoms with E-state index in [1.807, 2.05) is 193 Å². The highest BCUT2D eigenvalue weighted by atomic mass is 35.5. The summed E-state index contributed by atoms with van der Waals surface area (Å²) in [5.74, 6) is 3.78. The van der Waals surface area contributed by atoms with Crippen molar-refractivity contribution >= 4 is 207 Å². The second-order valence-electron chi connectivity index (χ2n) is 36.2. The Morgan fingerprint density at radius 2 is 0.720 bits per heavy atom. The topological polar surface area (TPSA) is 272 Å². The number of methoxy groups -OCH3 is 3. The number of thiophene rings is 11. The molecular formula is C111H152ClN5O15S11. The lowest BCUT2D eigenvalue weighted by molar-refractivity contribution is -0.130. The molecular weight excluding hydrogens is 2030 g/mol. The maximum atomic E-state index is 11.9. The number of primary amides is 1. The molecule has 0 bridgehead atoms. The van der Waals surface area contributed by atoms with Gasteiger partial charge in [0.05, 0.1) is 50.8 Å². The van der Waals surface area contributed by atoms with Crippen molar-refractivity contribution in [1.82, 2.24) is 19.6 Å². The smallest absolute Gasteiger partial charge is 0.256 e. The number of aryl methyl sites for hydroxylation is 11. The number of amides is 4. The molecule has 0 radical (unpaired) electrons. The monoisotopic (exact) mass is 2180 g/mol. The van der Waals surface area contributed by atoms with Crippen LogP contribution < -0.4 is 5.73 Å². The zero-order chi connectivity index (χ0) is 105. The third-order valence-electron chi connectivity index (χ3n) is 22.6. The Labute approximate surface area is 900 Å². The quantitative estimate of drug-likeness (QED) is 0.0220. The van der Waals surface area contributed by atoms with Gasteiger partial charge in [0.15, 0.2) is 46.3 Å². The van der Waals surface area contributed by atoms with Crippen LogP contribution in [0, 0.1) is 93.9 Å². The minimum Gasteiger partial charge on any atom is -0.385 e. The Kier molecular flexibility index (Phi) is 63.1. The van der Waals surface area contributed by atoms with E-state index in [1.165, 1.54) is 159 Å². The predicted molar refractivity (Wildman–Crippen MR) is 607 cm³/mol. The number of unbranched alkanes of at least 4 members (excludes halogenated alkanes) is 1. The van der Waals surface area contributed by atoms with Crippen molar-refractivity contribution in [3.8, 4) is 0 Å². The molecule has 2 saturated heterocycles. The van der Waals surface area contributed by atoms with Gasteiger partial charge in [0.2, 0.25) is 11.8 Å². The van der Waals surface area contributed by atoms with Crippen molar-refractivity contribution < 1.29 is 71.7 Å². The lowest BCUT2D eigenvalue weighted by atomic mass is 9.82. The summed E-state index contributed by atoms with van der Waals surface area (Å²) in [6, 6.07) is 34.9.